The summed E-state index contributed by atoms with van der Waals surface area (Å²) in [6, 6.07) is 7.97. The van der Waals surface area contributed by atoms with Gasteiger partial charge in [-0.2, -0.15) is 0 Å². The van der Waals surface area contributed by atoms with E-state index in [1.807, 2.05) is 50.3 Å². The van der Waals surface area contributed by atoms with Crippen LogP contribution in [0.1, 0.15) is 19.4 Å². The van der Waals surface area contributed by atoms with Gasteiger partial charge in [-0.05, 0) is 19.9 Å². The van der Waals surface area contributed by atoms with E-state index in [0.29, 0.717) is 5.88 Å². The number of benzene rings is 1. The van der Waals surface area contributed by atoms with Crippen molar-refractivity contribution in [1.82, 2.24) is 0 Å². The summed E-state index contributed by atoms with van der Waals surface area (Å²) in [4.78, 5) is 4.22. The molecule has 0 aliphatic carbocycles. The highest BCUT2D eigenvalue weighted by atomic mass is 16.3. The van der Waals surface area contributed by atoms with Crippen LogP contribution in [0.4, 0.5) is 5.88 Å². The Morgan fingerprint density at radius 2 is 2.00 bits per heavy atom. The highest BCUT2D eigenvalue weighted by Crippen LogP contribution is 2.32. The number of hydrogen-bond acceptors (Lipinski definition) is 2. The highest BCUT2D eigenvalue weighted by Gasteiger charge is 2.09. The molecule has 1 aromatic heterocycles. The SMILES string of the molecule is C/C=C\c1c(/N=C\C)oc2ccccc12. The first-order valence-corrected chi connectivity index (χ1v) is 4.99. The summed E-state index contributed by atoms with van der Waals surface area (Å²) in [6.07, 6.45) is 5.75. The topological polar surface area (TPSA) is 25.5 Å². The van der Waals surface area contributed by atoms with Crippen LogP contribution < -0.4 is 0 Å². The Balaban J connectivity index is 2.74. The molecule has 0 fully saturated rings. The zero-order valence-corrected chi connectivity index (χ0v) is 8.90. The molecule has 0 N–H and O–H groups in total. The van der Waals surface area contributed by atoms with Crippen LogP contribution >= 0.6 is 0 Å². The molecule has 0 aliphatic heterocycles. The Labute approximate surface area is 88.9 Å². The third-order valence-electron chi connectivity index (χ3n) is 2.19. The summed E-state index contributed by atoms with van der Waals surface area (Å²) in [5, 5.41) is 1.11. The molecule has 2 heteroatoms. The zero-order chi connectivity index (χ0) is 10.7. The molecule has 1 heterocycles. The molecule has 0 radical (unpaired) electrons. The second kappa shape index (κ2) is 4.13. The van der Waals surface area contributed by atoms with Gasteiger partial charge < -0.3 is 4.42 Å². The van der Waals surface area contributed by atoms with Gasteiger partial charge >= 0.3 is 0 Å². The second-order valence-corrected chi connectivity index (χ2v) is 3.20. The molecule has 2 rings (SSSR count). The van der Waals surface area contributed by atoms with Crippen molar-refractivity contribution in [2.24, 2.45) is 4.99 Å². The van der Waals surface area contributed by atoms with Crippen LogP contribution in [0.25, 0.3) is 17.0 Å². The van der Waals surface area contributed by atoms with E-state index in [9.17, 15) is 0 Å². The van der Waals surface area contributed by atoms with Crippen molar-refractivity contribution in [2.75, 3.05) is 0 Å². The lowest BCUT2D eigenvalue weighted by atomic mass is 10.1. The van der Waals surface area contributed by atoms with Gasteiger partial charge in [-0.15, -0.1) is 0 Å². The molecule has 0 bridgehead atoms. The third-order valence-corrected chi connectivity index (χ3v) is 2.19. The largest absolute Gasteiger partial charge is 0.438 e. The molecule has 15 heavy (non-hydrogen) atoms. The lowest BCUT2D eigenvalue weighted by Gasteiger charge is -1.89. The fourth-order valence-corrected chi connectivity index (χ4v) is 1.59. The lowest BCUT2D eigenvalue weighted by Crippen LogP contribution is -1.69. The minimum absolute atomic E-state index is 0.678. The van der Waals surface area contributed by atoms with Gasteiger partial charge in [0.1, 0.15) is 5.58 Å². The maximum atomic E-state index is 5.64. The minimum Gasteiger partial charge on any atom is -0.438 e. The van der Waals surface area contributed by atoms with Gasteiger partial charge in [-0.25, -0.2) is 4.99 Å². The van der Waals surface area contributed by atoms with E-state index in [0.717, 1.165) is 16.5 Å². The Kier molecular flexibility index (Phi) is 2.68. The van der Waals surface area contributed by atoms with E-state index in [4.69, 9.17) is 4.42 Å². The fourth-order valence-electron chi connectivity index (χ4n) is 1.59. The molecule has 0 saturated carbocycles. The van der Waals surface area contributed by atoms with Crippen LogP contribution in [-0.2, 0) is 0 Å². The molecule has 0 saturated heterocycles. The number of rotatable bonds is 2. The van der Waals surface area contributed by atoms with Crippen molar-refractivity contribution in [2.45, 2.75) is 13.8 Å². The predicted octanol–water partition coefficient (Wildman–Crippen LogP) is 4.19. The first kappa shape index (κ1) is 9.71. The lowest BCUT2D eigenvalue weighted by molar-refractivity contribution is 0.625. The van der Waals surface area contributed by atoms with Gasteiger partial charge in [0.05, 0.1) is 0 Å². The van der Waals surface area contributed by atoms with Crippen LogP contribution in [0.3, 0.4) is 0 Å². The minimum atomic E-state index is 0.678. The first-order valence-electron chi connectivity index (χ1n) is 4.99. The van der Waals surface area contributed by atoms with Gasteiger partial charge in [0, 0.05) is 17.2 Å². The van der Waals surface area contributed by atoms with Crippen LogP contribution in [0.2, 0.25) is 0 Å². The molecule has 0 spiro atoms. The van der Waals surface area contributed by atoms with E-state index < -0.39 is 0 Å². The Morgan fingerprint density at radius 3 is 2.73 bits per heavy atom. The Hall–Kier alpha value is -1.83. The van der Waals surface area contributed by atoms with E-state index in [1.165, 1.54) is 0 Å². The third kappa shape index (κ3) is 1.71. The average molecular weight is 199 g/mol. The van der Waals surface area contributed by atoms with Gasteiger partial charge in [-0.1, -0.05) is 30.4 Å². The summed E-state index contributed by atoms with van der Waals surface area (Å²) < 4.78 is 5.64. The number of hydrogen-bond donors (Lipinski definition) is 0. The van der Waals surface area contributed by atoms with Crippen LogP contribution in [0.5, 0.6) is 0 Å². The Bertz CT molecular complexity index is 520. The van der Waals surface area contributed by atoms with Crippen molar-refractivity contribution in [3.63, 3.8) is 0 Å². The first-order chi connectivity index (χ1) is 7.36. The average Bonchev–Trinajstić information content (AvgIpc) is 2.59. The quantitative estimate of drug-likeness (QED) is 0.666. The van der Waals surface area contributed by atoms with Gasteiger partial charge in [0.15, 0.2) is 0 Å². The van der Waals surface area contributed by atoms with E-state index in [-0.39, 0.29) is 0 Å². The van der Waals surface area contributed by atoms with E-state index >= 15 is 0 Å². The summed E-state index contributed by atoms with van der Waals surface area (Å²) >= 11 is 0. The summed E-state index contributed by atoms with van der Waals surface area (Å²) in [7, 11) is 0. The molecule has 0 unspecified atom stereocenters. The van der Waals surface area contributed by atoms with Crippen LogP contribution in [0, 0.1) is 0 Å². The number of nitrogens with zero attached hydrogens (tertiary/aromatic N) is 1. The van der Waals surface area contributed by atoms with Crippen molar-refractivity contribution in [1.29, 1.82) is 0 Å². The standard InChI is InChI=1S/C13H13NO/c1-3-7-11-10-8-5-6-9-12(10)15-13(11)14-4-2/h3-9H,1-2H3/b7-3-,14-4-. The van der Waals surface area contributed by atoms with Crippen LogP contribution in [-0.4, -0.2) is 6.21 Å². The maximum Gasteiger partial charge on any atom is 0.226 e. The van der Waals surface area contributed by atoms with Gasteiger partial charge in [0.25, 0.3) is 0 Å². The molecule has 0 amide bonds. The van der Waals surface area contributed by atoms with Crippen molar-refractivity contribution in [3.8, 4) is 0 Å². The van der Waals surface area contributed by atoms with Crippen molar-refractivity contribution < 1.29 is 4.42 Å². The van der Waals surface area contributed by atoms with Crippen LogP contribution in [0.15, 0.2) is 39.8 Å². The number of furan rings is 1. The maximum absolute atomic E-state index is 5.64. The van der Waals surface area contributed by atoms with E-state index in [1.54, 1.807) is 6.21 Å². The predicted molar refractivity (Wildman–Crippen MR) is 64.7 cm³/mol. The molecular weight excluding hydrogens is 186 g/mol. The second-order valence-electron chi connectivity index (χ2n) is 3.20. The zero-order valence-electron chi connectivity index (χ0n) is 8.90. The molecule has 0 atom stereocenters. The molecule has 2 nitrogen and oxygen atoms in total. The number of aliphatic imine (C=N–C) groups is 1. The number of fused-ring (bicyclic) bond motifs is 1. The summed E-state index contributed by atoms with van der Waals surface area (Å²) in [6.45, 7) is 3.87. The van der Waals surface area contributed by atoms with Gasteiger partial charge in [0.2, 0.25) is 5.88 Å². The number of allylic oxidation sites excluding steroid dienone is 1. The summed E-state index contributed by atoms with van der Waals surface area (Å²) in [5.41, 5.74) is 1.93. The Morgan fingerprint density at radius 1 is 1.20 bits per heavy atom. The smallest absolute Gasteiger partial charge is 0.226 e. The van der Waals surface area contributed by atoms with Gasteiger partial charge in [-0.3, -0.25) is 0 Å². The van der Waals surface area contributed by atoms with E-state index in [2.05, 4.69) is 4.99 Å². The monoisotopic (exact) mass is 199 g/mol. The molecule has 0 aliphatic rings. The molecule has 76 valence electrons. The normalized spacial score (nSPS) is 12.1. The highest BCUT2D eigenvalue weighted by molar-refractivity contribution is 5.92. The fraction of sp³-hybridized carbons (Fsp3) is 0.154. The van der Waals surface area contributed by atoms with Crippen molar-refractivity contribution >= 4 is 29.1 Å². The molecule has 2 aromatic rings. The molecule has 1 aromatic carbocycles. The summed E-state index contributed by atoms with van der Waals surface area (Å²) in [5.74, 6) is 0.678. The number of para-hydroxylation sites is 1. The molecular formula is C13H13NO. The van der Waals surface area contributed by atoms with Crippen molar-refractivity contribution in [3.05, 3.63) is 35.9 Å².